The smallest absolute Gasteiger partial charge is 0.331 e. The first-order valence-electron chi connectivity index (χ1n) is 5.90. The number of aliphatic carboxylic acids is 1. The highest BCUT2D eigenvalue weighted by Gasteiger charge is 2.34. The van der Waals surface area contributed by atoms with Crippen LogP contribution < -0.4 is 0 Å². The minimum atomic E-state index is -1.08. The molecule has 1 amide bonds. The monoisotopic (exact) mass is 285 g/mol. The minimum absolute atomic E-state index is 0.325. The van der Waals surface area contributed by atoms with Gasteiger partial charge in [0.25, 0.3) is 5.91 Å². The van der Waals surface area contributed by atoms with E-state index >= 15 is 0 Å². The fourth-order valence-electron chi connectivity index (χ4n) is 1.79. The first-order valence-corrected chi connectivity index (χ1v) is 5.90. The Hall–Kier alpha value is -2.38. The summed E-state index contributed by atoms with van der Waals surface area (Å²) in [7, 11) is 1.15. The van der Waals surface area contributed by atoms with Crippen molar-refractivity contribution < 1.29 is 33.8 Å². The number of esters is 2. The number of rotatable bonds is 5. The summed E-state index contributed by atoms with van der Waals surface area (Å²) < 4.78 is 8.90. The molecular weight excluding hydrogens is 270 g/mol. The number of nitrogens with zero attached hydrogens (tertiary/aromatic N) is 1. The number of hydrogen-bond acceptors (Lipinski definition) is 6. The molecule has 1 atom stereocenters. The van der Waals surface area contributed by atoms with E-state index in [2.05, 4.69) is 9.47 Å². The van der Waals surface area contributed by atoms with Crippen LogP contribution in [-0.2, 0) is 28.7 Å². The topological polar surface area (TPSA) is 110 Å². The van der Waals surface area contributed by atoms with E-state index in [0.29, 0.717) is 19.4 Å². The van der Waals surface area contributed by atoms with Gasteiger partial charge in [0.05, 0.1) is 7.11 Å². The van der Waals surface area contributed by atoms with Gasteiger partial charge in [0.2, 0.25) is 0 Å². The molecule has 110 valence electrons. The fourth-order valence-corrected chi connectivity index (χ4v) is 1.79. The number of carbonyl (C=O) groups is 4. The van der Waals surface area contributed by atoms with Crippen molar-refractivity contribution in [2.45, 2.75) is 18.9 Å². The first kappa shape index (κ1) is 15.7. The molecule has 0 aromatic rings. The number of carboxylic acids is 1. The Morgan fingerprint density at radius 2 is 1.90 bits per heavy atom. The summed E-state index contributed by atoms with van der Waals surface area (Å²) in [6.45, 7) is -0.237. The summed E-state index contributed by atoms with van der Waals surface area (Å²) in [5.41, 5.74) is 0. The molecule has 1 N–H and O–H groups in total. The summed E-state index contributed by atoms with van der Waals surface area (Å²) in [4.78, 5) is 45.7. The fraction of sp³-hybridized carbons (Fsp3) is 0.500. The Kier molecular flexibility index (Phi) is 5.70. The van der Waals surface area contributed by atoms with Crippen molar-refractivity contribution in [3.05, 3.63) is 12.2 Å². The third kappa shape index (κ3) is 4.38. The summed E-state index contributed by atoms with van der Waals surface area (Å²) in [6, 6.07) is -0.869. The predicted octanol–water partition coefficient (Wildman–Crippen LogP) is -0.666. The van der Waals surface area contributed by atoms with Crippen molar-refractivity contribution in [2.24, 2.45) is 0 Å². The maximum Gasteiger partial charge on any atom is 0.331 e. The van der Waals surface area contributed by atoms with E-state index in [1.165, 1.54) is 4.90 Å². The largest absolute Gasteiger partial charge is 0.480 e. The average molecular weight is 285 g/mol. The molecule has 0 bridgehead atoms. The van der Waals surface area contributed by atoms with Gasteiger partial charge in [-0.2, -0.15) is 0 Å². The van der Waals surface area contributed by atoms with Crippen molar-refractivity contribution in [3.8, 4) is 0 Å². The van der Waals surface area contributed by atoms with Gasteiger partial charge in [-0.25, -0.2) is 14.4 Å². The number of likely N-dealkylation sites (tertiary alicyclic amines) is 1. The summed E-state index contributed by atoms with van der Waals surface area (Å²) in [5, 5.41) is 8.92. The molecule has 1 aliphatic rings. The molecule has 0 aromatic carbocycles. The molecule has 20 heavy (non-hydrogen) atoms. The van der Waals surface area contributed by atoms with E-state index in [9.17, 15) is 19.2 Å². The number of ether oxygens (including phenoxy) is 2. The predicted molar refractivity (Wildman–Crippen MR) is 64.5 cm³/mol. The van der Waals surface area contributed by atoms with Crippen LogP contribution in [0.3, 0.4) is 0 Å². The van der Waals surface area contributed by atoms with Crippen LogP contribution in [-0.4, -0.2) is 60.1 Å². The van der Waals surface area contributed by atoms with Crippen molar-refractivity contribution in [1.82, 2.24) is 4.90 Å². The van der Waals surface area contributed by atoms with Gasteiger partial charge in [-0.3, -0.25) is 4.79 Å². The lowest BCUT2D eigenvalue weighted by molar-refractivity contribution is -0.153. The van der Waals surface area contributed by atoms with Crippen LogP contribution in [0.5, 0.6) is 0 Å². The van der Waals surface area contributed by atoms with Crippen molar-refractivity contribution >= 4 is 23.8 Å². The number of methoxy groups -OCH3 is 1. The Labute approximate surface area is 114 Å². The van der Waals surface area contributed by atoms with E-state index < -0.39 is 36.5 Å². The normalized spacial score (nSPS) is 18.1. The second kappa shape index (κ2) is 7.27. The van der Waals surface area contributed by atoms with E-state index in [1.807, 2.05) is 0 Å². The molecule has 8 nitrogen and oxygen atoms in total. The quantitative estimate of drug-likeness (QED) is 0.527. The van der Waals surface area contributed by atoms with Crippen LogP contribution in [0.2, 0.25) is 0 Å². The summed E-state index contributed by atoms with van der Waals surface area (Å²) >= 11 is 0. The Morgan fingerprint density at radius 3 is 2.50 bits per heavy atom. The van der Waals surface area contributed by atoms with E-state index in [-0.39, 0.29) is 0 Å². The number of carbonyl (C=O) groups excluding carboxylic acids is 3. The second-order valence-corrected chi connectivity index (χ2v) is 4.05. The molecule has 1 fully saturated rings. The Balaban J connectivity index is 2.43. The van der Waals surface area contributed by atoms with Crippen LogP contribution >= 0.6 is 0 Å². The average Bonchev–Trinajstić information content (AvgIpc) is 2.91. The van der Waals surface area contributed by atoms with Gasteiger partial charge in [0.1, 0.15) is 6.04 Å². The highest BCUT2D eigenvalue weighted by atomic mass is 16.5. The molecule has 8 heteroatoms. The zero-order chi connectivity index (χ0) is 15.1. The first-order chi connectivity index (χ1) is 9.45. The second-order valence-electron chi connectivity index (χ2n) is 4.05. The van der Waals surface area contributed by atoms with Gasteiger partial charge in [-0.05, 0) is 12.8 Å². The molecule has 1 heterocycles. The maximum atomic E-state index is 11.7. The minimum Gasteiger partial charge on any atom is -0.480 e. The van der Waals surface area contributed by atoms with Crippen molar-refractivity contribution in [1.29, 1.82) is 0 Å². The molecule has 0 unspecified atom stereocenters. The standard InChI is InChI=1S/C12H15NO7/c1-19-10(15)4-5-11(16)20-7-9(14)13-6-2-3-8(13)12(17)18/h4-5,8H,2-3,6-7H2,1H3,(H,17,18)/t8-/m0/s1. The molecule has 1 aliphatic heterocycles. The van der Waals surface area contributed by atoms with E-state index in [4.69, 9.17) is 5.11 Å². The van der Waals surface area contributed by atoms with Crippen LogP contribution in [0.4, 0.5) is 0 Å². The van der Waals surface area contributed by atoms with Crippen LogP contribution in [0, 0.1) is 0 Å². The summed E-state index contributed by atoms with van der Waals surface area (Å²) in [5.74, 6) is -3.25. The van der Waals surface area contributed by atoms with Crippen LogP contribution in [0.1, 0.15) is 12.8 Å². The van der Waals surface area contributed by atoms with Gasteiger partial charge >= 0.3 is 17.9 Å². The molecule has 0 aromatic heterocycles. The van der Waals surface area contributed by atoms with Gasteiger partial charge in [0.15, 0.2) is 6.61 Å². The highest BCUT2D eigenvalue weighted by Crippen LogP contribution is 2.17. The maximum absolute atomic E-state index is 11.7. The Bertz CT molecular complexity index is 443. The van der Waals surface area contributed by atoms with Crippen molar-refractivity contribution in [2.75, 3.05) is 20.3 Å². The van der Waals surface area contributed by atoms with E-state index in [1.54, 1.807) is 0 Å². The van der Waals surface area contributed by atoms with Crippen LogP contribution in [0.25, 0.3) is 0 Å². The number of amides is 1. The van der Waals surface area contributed by atoms with Crippen LogP contribution in [0.15, 0.2) is 12.2 Å². The lowest BCUT2D eigenvalue weighted by Gasteiger charge is -2.20. The lowest BCUT2D eigenvalue weighted by atomic mass is 10.2. The summed E-state index contributed by atoms with van der Waals surface area (Å²) in [6.07, 6.45) is 2.68. The van der Waals surface area contributed by atoms with Gasteiger partial charge < -0.3 is 19.5 Å². The van der Waals surface area contributed by atoms with Gasteiger partial charge in [0, 0.05) is 18.7 Å². The third-order valence-electron chi connectivity index (χ3n) is 2.75. The van der Waals surface area contributed by atoms with E-state index in [0.717, 1.165) is 19.3 Å². The zero-order valence-electron chi connectivity index (χ0n) is 10.9. The lowest BCUT2D eigenvalue weighted by Crippen LogP contribution is -2.42. The molecule has 0 radical (unpaired) electrons. The molecule has 0 spiro atoms. The number of hydrogen-bond donors (Lipinski definition) is 1. The molecule has 0 saturated carbocycles. The zero-order valence-corrected chi connectivity index (χ0v) is 10.9. The SMILES string of the molecule is COC(=O)C=CC(=O)OCC(=O)N1CCC[C@H]1C(=O)O. The third-order valence-corrected chi connectivity index (χ3v) is 2.75. The molecule has 0 aliphatic carbocycles. The van der Waals surface area contributed by atoms with Gasteiger partial charge in [-0.1, -0.05) is 0 Å². The Morgan fingerprint density at radius 1 is 1.25 bits per heavy atom. The number of carboxylic acid groups (broad SMARTS) is 1. The van der Waals surface area contributed by atoms with Gasteiger partial charge in [-0.15, -0.1) is 0 Å². The highest BCUT2D eigenvalue weighted by molar-refractivity contribution is 5.93. The van der Waals surface area contributed by atoms with Crippen molar-refractivity contribution in [3.63, 3.8) is 0 Å². The molecular formula is C12H15NO7. The molecule has 1 rings (SSSR count). The molecule has 1 saturated heterocycles.